The Morgan fingerprint density at radius 2 is 1.87 bits per heavy atom. The molecule has 0 aromatic heterocycles. The molecule has 4 atom stereocenters. The van der Waals surface area contributed by atoms with E-state index < -0.39 is 23.2 Å². The SMILES string of the molecule is CCCCN1C(=O)[C@@H]2[C@H](Cc3ccccc3)[NH2+][C@]3(C(=O)Nc4ccc(F)cc43)[C@@H]2C1=O. The summed E-state index contributed by atoms with van der Waals surface area (Å²) < 4.78 is 14.2. The molecule has 3 N–H and O–H groups in total. The highest BCUT2D eigenvalue weighted by atomic mass is 19.1. The number of hydrogen-bond donors (Lipinski definition) is 2. The highest BCUT2D eigenvalue weighted by Crippen LogP contribution is 2.49. The van der Waals surface area contributed by atoms with Gasteiger partial charge in [0.05, 0.1) is 5.69 Å². The highest BCUT2D eigenvalue weighted by Gasteiger charge is 2.74. The van der Waals surface area contributed by atoms with Crippen LogP contribution in [0.5, 0.6) is 0 Å². The summed E-state index contributed by atoms with van der Waals surface area (Å²) in [7, 11) is 0. The van der Waals surface area contributed by atoms with E-state index in [4.69, 9.17) is 0 Å². The van der Waals surface area contributed by atoms with Crippen LogP contribution in [0.25, 0.3) is 0 Å². The van der Waals surface area contributed by atoms with Crippen LogP contribution < -0.4 is 10.6 Å². The fraction of sp³-hybridized carbons (Fsp3) is 0.375. The number of nitrogens with one attached hydrogen (secondary N) is 1. The van der Waals surface area contributed by atoms with Gasteiger partial charge in [-0.3, -0.25) is 19.3 Å². The van der Waals surface area contributed by atoms with Crippen molar-refractivity contribution in [2.75, 3.05) is 11.9 Å². The number of nitrogens with two attached hydrogens (primary N) is 1. The van der Waals surface area contributed by atoms with Gasteiger partial charge in [0.2, 0.25) is 17.4 Å². The fourth-order valence-electron chi connectivity index (χ4n) is 5.60. The fourth-order valence-corrected chi connectivity index (χ4v) is 5.60. The van der Waals surface area contributed by atoms with Gasteiger partial charge in [0.1, 0.15) is 23.7 Å². The van der Waals surface area contributed by atoms with Crippen LogP contribution in [0.3, 0.4) is 0 Å². The summed E-state index contributed by atoms with van der Waals surface area (Å²) in [5, 5.41) is 4.68. The molecule has 0 saturated carbocycles. The predicted molar refractivity (Wildman–Crippen MR) is 111 cm³/mol. The number of rotatable bonds is 5. The zero-order valence-corrected chi connectivity index (χ0v) is 17.3. The van der Waals surface area contributed by atoms with Gasteiger partial charge in [-0.2, -0.15) is 0 Å². The first kappa shape index (κ1) is 19.9. The molecule has 2 aromatic carbocycles. The molecular weight excluding hydrogens is 397 g/mol. The van der Waals surface area contributed by atoms with E-state index in [-0.39, 0.29) is 23.8 Å². The van der Waals surface area contributed by atoms with Crippen molar-refractivity contribution in [2.45, 2.75) is 37.8 Å². The van der Waals surface area contributed by atoms with E-state index in [9.17, 15) is 18.8 Å². The zero-order valence-electron chi connectivity index (χ0n) is 17.3. The molecule has 0 radical (unpaired) electrons. The lowest BCUT2D eigenvalue weighted by molar-refractivity contribution is -0.733. The van der Waals surface area contributed by atoms with Gasteiger partial charge in [0, 0.05) is 18.5 Å². The second kappa shape index (κ2) is 7.27. The summed E-state index contributed by atoms with van der Waals surface area (Å²) in [6.45, 7) is 2.36. The molecule has 0 bridgehead atoms. The molecule has 2 saturated heterocycles. The van der Waals surface area contributed by atoms with E-state index in [1.165, 1.54) is 23.1 Å². The largest absolute Gasteiger partial charge is 0.326 e. The number of likely N-dealkylation sites (tertiary alicyclic amines) is 1. The van der Waals surface area contributed by atoms with Crippen LogP contribution in [-0.4, -0.2) is 35.2 Å². The van der Waals surface area contributed by atoms with Crippen molar-refractivity contribution in [3.8, 4) is 0 Å². The molecular formula is C24H25FN3O3+. The van der Waals surface area contributed by atoms with Gasteiger partial charge in [-0.25, -0.2) is 4.39 Å². The Morgan fingerprint density at radius 3 is 2.61 bits per heavy atom. The van der Waals surface area contributed by atoms with Gasteiger partial charge in [0.25, 0.3) is 5.91 Å². The number of quaternary nitrogens is 1. The molecule has 2 aromatic rings. The van der Waals surface area contributed by atoms with Gasteiger partial charge >= 0.3 is 0 Å². The summed E-state index contributed by atoms with van der Waals surface area (Å²) in [6.07, 6.45) is 2.11. The molecule has 5 rings (SSSR count). The Balaban J connectivity index is 1.62. The summed E-state index contributed by atoms with van der Waals surface area (Å²) in [6, 6.07) is 13.6. The first-order chi connectivity index (χ1) is 15.0. The number of unbranched alkanes of at least 4 members (excludes halogenated alkanes) is 1. The third kappa shape index (κ3) is 2.83. The lowest BCUT2D eigenvalue weighted by Gasteiger charge is -2.26. The van der Waals surface area contributed by atoms with Crippen LogP contribution in [0.4, 0.5) is 10.1 Å². The molecule has 0 aliphatic carbocycles. The minimum absolute atomic E-state index is 0.213. The maximum Gasteiger partial charge on any atom is 0.291 e. The molecule has 0 unspecified atom stereocenters. The third-order valence-electron chi connectivity index (χ3n) is 6.97. The number of anilines is 1. The lowest BCUT2D eigenvalue weighted by Crippen LogP contribution is -2.99. The first-order valence-electron chi connectivity index (χ1n) is 10.8. The van der Waals surface area contributed by atoms with E-state index in [0.29, 0.717) is 30.6 Å². The minimum atomic E-state index is -1.32. The minimum Gasteiger partial charge on any atom is -0.326 e. The predicted octanol–water partition coefficient (Wildman–Crippen LogP) is 1.56. The normalized spacial score (nSPS) is 28.9. The quantitative estimate of drug-likeness (QED) is 0.718. The molecule has 2 fully saturated rings. The average molecular weight is 422 g/mol. The number of amides is 3. The topological polar surface area (TPSA) is 83.1 Å². The van der Waals surface area contributed by atoms with Gasteiger partial charge in [-0.1, -0.05) is 43.7 Å². The van der Waals surface area contributed by atoms with Crippen molar-refractivity contribution in [3.63, 3.8) is 0 Å². The number of halogens is 1. The van der Waals surface area contributed by atoms with Crippen LogP contribution in [0.2, 0.25) is 0 Å². The van der Waals surface area contributed by atoms with Crippen molar-refractivity contribution < 1.29 is 24.1 Å². The van der Waals surface area contributed by atoms with Crippen LogP contribution >= 0.6 is 0 Å². The molecule has 31 heavy (non-hydrogen) atoms. The number of carbonyl (C=O) groups is 3. The summed E-state index contributed by atoms with van der Waals surface area (Å²) in [5.41, 5.74) is 0.676. The van der Waals surface area contributed by atoms with E-state index >= 15 is 0 Å². The molecule has 3 aliphatic rings. The second-order valence-electron chi connectivity index (χ2n) is 8.72. The molecule has 7 heteroatoms. The van der Waals surface area contributed by atoms with E-state index in [2.05, 4.69) is 5.32 Å². The number of hydrogen-bond acceptors (Lipinski definition) is 3. The van der Waals surface area contributed by atoms with Crippen LogP contribution in [0.1, 0.15) is 30.9 Å². The lowest BCUT2D eigenvalue weighted by atomic mass is 9.76. The Bertz CT molecular complexity index is 1070. The van der Waals surface area contributed by atoms with Crippen LogP contribution in [0, 0.1) is 17.7 Å². The molecule has 6 nitrogen and oxygen atoms in total. The first-order valence-corrected chi connectivity index (χ1v) is 10.8. The molecule has 3 heterocycles. The highest BCUT2D eigenvalue weighted by molar-refractivity contribution is 6.13. The van der Waals surface area contributed by atoms with Crippen molar-refractivity contribution >= 4 is 23.4 Å². The van der Waals surface area contributed by atoms with E-state index in [1.807, 2.05) is 42.6 Å². The van der Waals surface area contributed by atoms with Gasteiger partial charge in [-0.15, -0.1) is 0 Å². The Hall–Kier alpha value is -3.06. The van der Waals surface area contributed by atoms with E-state index in [1.54, 1.807) is 0 Å². The third-order valence-corrected chi connectivity index (χ3v) is 6.97. The van der Waals surface area contributed by atoms with Crippen molar-refractivity contribution in [3.05, 3.63) is 65.5 Å². The second-order valence-corrected chi connectivity index (χ2v) is 8.72. The van der Waals surface area contributed by atoms with Gasteiger partial charge < -0.3 is 10.6 Å². The summed E-state index contributed by atoms with van der Waals surface area (Å²) in [5.74, 6) is -2.81. The van der Waals surface area contributed by atoms with Crippen molar-refractivity contribution in [1.29, 1.82) is 0 Å². The number of benzene rings is 2. The summed E-state index contributed by atoms with van der Waals surface area (Å²) >= 11 is 0. The Kier molecular flexibility index (Phi) is 4.66. The maximum atomic E-state index is 14.2. The van der Waals surface area contributed by atoms with Gasteiger partial charge in [-0.05, 0) is 30.2 Å². The van der Waals surface area contributed by atoms with E-state index in [0.717, 1.165) is 12.0 Å². The number of imide groups is 1. The monoisotopic (exact) mass is 422 g/mol. The van der Waals surface area contributed by atoms with Crippen LogP contribution in [-0.2, 0) is 26.3 Å². The Morgan fingerprint density at radius 1 is 1.10 bits per heavy atom. The smallest absolute Gasteiger partial charge is 0.291 e. The molecule has 3 amide bonds. The number of carbonyl (C=O) groups excluding carboxylic acids is 3. The van der Waals surface area contributed by atoms with Gasteiger partial charge in [0.15, 0.2) is 0 Å². The Labute approximate surface area is 179 Å². The number of nitrogens with zero attached hydrogens (tertiary/aromatic N) is 1. The van der Waals surface area contributed by atoms with Crippen LogP contribution in [0.15, 0.2) is 48.5 Å². The standard InChI is InChI=1S/C24H24FN3O3/c1-2-3-11-28-21(29)19-18(12-14-7-5-4-6-8-14)27-24(20(19)22(28)30)16-13-15(25)9-10-17(16)26-23(24)31/h4-10,13,18-20,27H,2-3,11-12H2,1H3,(H,26,31)/p+1/t18-,19+,20-,24-/m0/s1. The molecule has 1 spiro atoms. The maximum absolute atomic E-state index is 14.2. The molecule has 160 valence electrons. The average Bonchev–Trinajstić information content (AvgIpc) is 3.33. The molecule has 3 aliphatic heterocycles. The number of fused-ring (bicyclic) bond motifs is 4. The summed E-state index contributed by atoms with van der Waals surface area (Å²) in [4.78, 5) is 41.6. The van der Waals surface area contributed by atoms with Crippen molar-refractivity contribution in [1.82, 2.24) is 4.90 Å². The van der Waals surface area contributed by atoms with Crippen molar-refractivity contribution in [2.24, 2.45) is 11.8 Å². The zero-order chi connectivity index (χ0) is 21.8.